The van der Waals surface area contributed by atoms with E-state index in [1.165, 1.54) is 12.0 Å². The summed E-state index contributed by atoms with van der Waals surface area (Å²) in [6.45, 7) is 3.00. The van der Waals surface area contributed by atoms with Crippen LogP contribution in [-0.4, -0.2) is 54.9 Å². The zero-order valence-electron chi connectivity index (χ0n) is 17.7. The molecule has 1 aliphatic heterocycles. The molecule has 1 amide bonds. The minimum Gasteiger partial charge on any atom is -0.368 e. The van der Waals surface area contributed by atoms with Gasteiger partial charge in [0.05, 0.1) is 30.2 Å². The van der Waals surface area contributed by atoms with E-state index in [-0.39, 0.29) is 18.6 Å². The molecule has 0 aromatic carbocycles. The fourth-order valence-electron chi connectivity index (χ4n) is 4.52. The van der Waals surface area contributed by atoms with Gasteiger partial charge in [-0.25, -0.2) is 9.97 Å². The third kappa shape index (κ3) is 4.51. The predicted octanol–water partition coefficient (Wildman–Crippen LogP) is 2.31. The average molecular weight is 422 g/mol. The van der Waals surface area contributed by atoms with Crippen molar-refractivity contribution in [2.75, 3.05) is 11.9 Å². The van der Waals surface area contributed by atoms with Crippen molar-refractivity contribution >= 4 is 11.9 Å². The molecule has 2 atom stereocenters. The number of rotatable bonds is 7. The van der Waals surface area contributed by atoms with E-state index < -0.39 is 0 Å². The summed E-state index contributed by atoms with van der Waals surface area (Å²) in [6.07, 6.45) is 13.0. The summed E-state index contributed by atoms with van der Waals surface area (Å²) in [6, 6.07) is 0.352. The van der Waals surface area contributed by atoms with Crippen molar-refractivity contribution in [3.8, 4) is 0 Å². The first-order valence-electron chi connectivity index (χ1n) is 10.9. The van der Waals surface area contributed by atoms with Gasteiger partial charge in [0, 0.05) is 30.8 Å². The van der Waals surface area contributed by atoms with Crippen LogP contribution < -0.4 is 5.32 Å². The fourth-order valence-corrected chi connectivity index (χ4v) is 4.52. The molecule has 5 rings (SSSR count). The van der Waals surface area contributed by atoms with Gasteiger partial charge < -0.3 is 15.0 Å². The van der Waals surface area contributed by atoms with E-state index in [1.54, 1.807) is 16.7 Å². The van der Waals surface area contributed by atoms with Gasteiger partial charge in [0.2, 0.25) is 11.9 Å². The number of nitrogens with zero attached hydrogens (tertiary/aromatic N) is 5. The SMILES string of the molecule is C[C@H](Cc1cnn[nH]1)OCC(=O)N1Cc2cnc(NC3CC4=C(CCC=C4)C3)nc2C1. The molecule has 2 N–H and O–H groups in total. The van der Waals surface area contributed by atoms with Gasteiger partial charge in [-0.15, -0.1) is 5.10 Å². The summed E-state index contributed by atoms with van der Waals surface area (Å²) >= 11 is 0. The Hall–Kier alpha value is -3.07. The first-order valence-corrected chi connectivity index (χ1v) is 10.9. The third-order valence-electron chi connectivity index (χ3n) is 6.15. The summed E-state index contributed by atoms with van der Waals surface area (Å²) in [7, 11) is 0. The van der Waals surface area contributed by atoms with Gasteiger partial charge in [-0.3, -0.25) is 9.89 Å². The van der Waals surface area contributed by atoms with E-state index in [2.05, 4.69) is 37.9 Å². The minimum absolute atomic E-state index is 0.0402. The second-order valence-corrected chi connectivity index (χ2v) is 8.54. The minimum atomic E-state index is -0.104. The van der Waals surface area contributed by atoms with Crippen molar-refractivity contribution in [2.24, 2.45) is 0 Å². The Kier molecular flexibility index (Phi) is 5.50. The molecule has 0 saturated heterocycles. The summed E-state index contributed by atoms with van der Waals surface area (Å²) in [5.41, 5.74) is 5.84. The summed E-state index contributed by atoms with van der Waals surface area (Å²) in [5.74, 6) is 0.612. The fraction of sp³-hybridized carbons (Fsp3) is 0.500. The molecule has 2 aliphatic carbocycles. The number of allylic oxidation sites excluding steroid dienone is 2. The molecule has 2 aromatic heterocycles. The first-order chi connectivity index (χ1) is 15.1. The molecule has 162 valence electrons. The van der Waals surface area contributed by atoms with Crippen LogP contribution in [0.25, 0.3) is 0 Å². The number of aromatic nitrogens is 5. The molecule has 2 aromatic rings. The van der Waals surface area contributed by atoms with E-state index in [4.69, 9.17) is 9.72 Å². The normalized spacial score (nSPS) is 20.7. The summed E-state index contributed by atoms with van der Waals surface area (Å²) in [4.78, 5) is 23.6. The number of fused-ring (bicyclic) bond motifs is 1. The molecule has 3 heterocycles. The van der Waals surface area contributed by atoms with E-state index in [0.717, 1.165) is 36.2 Å². The number of hydrogen-bond acceptors (Lipinski definition) is 7. The van der Waals surface area contributed by atoms with Gasteiger partial charge >= 0.3 is 0 Å². The Labute approximate surface area is 181 Å². The van der Waals surface area contributed by atoms with Crippen molar-refractivity contribution in [3.63, 3.8) is 0 Å². The number of ether oxygens (including phenoxy) is 1. The Bertz CT molecular complexity index is 1010. The van der Waals surface area contributed by atoms with E-state index in [0.29, 0.717) is 31.5 Å². The molecule has 0 spiro atoms. The van der Waals surface area contributed by atoms with Gasteiger partial charge in [-0.1, -0.05) is 22.9 Å². The van der Waals surface area contributed by atoms with Crippen LogP contribution in [0.3, 0.4) is 0 Å². The highest BCUT2D eigenvalue weighted by Crippen LogP contribution is 2.34. The summed E-state index contributed by atoms with van der Waals surface area (Å²) in [5, 5.41) is 13.7. The van der Waals surface area contributed by atoms with Crippen molar-refractivity contribution in [2.45, 2.75) is 64.3 Å². The van der Waals surface area contributed by atoms with E-state index >= 15 is 0 Å². The lowest BCUT2D eigenvalue weighted by Gasteiger charge is -2.17. The third-order valence-corrected chi connectivity index (χ3v) is 6.15. The molecule has 0 radical (unpaired) electrons. The lowest BCUT2D eigenvalue weighted by atomic mass is 10.0. The Morgan fingerprint density at radius 1 is 1.35 bits per heavy atom. The molecule has 9 heteroatoms. The number of carbonyl (C=O) groups excluding carboxylic acids is 1. The topological polar surface area (TPSA) is 109 Å². The molecular formula is C22H27N7O2. The van der Waals surface area contributed by atoms with Crippen molar-refractivity contribution < 1.29 is 9.53 Å². The van der Waals surface area contributed by atoms with Crippen LogP contribution in [0.2, 0.25) is 0 Å². The number of nitrogens with one attached hydrogen (secondary N) is 2. The molecular weight excluding hydrogens is 394 g/mol. The second-order valence-electron chi connectivity index (χ2n) is 8.54. The number of carbonyl (C=O) groups is 1. The van der Waals surface area contributed by atoms with Gasteiger partial charge in [0.15, 0.2) is 0 Å². The number of hydrogen-bond donors (Lipinski definition) is 2. The van der Waals surface area contributed by atoms with Crippen LogP contribution in [0.4, 0.5) is 5.95 Å². The average Bonchev–Trinajstić information content (AvgIpc) is 3.50. The van der Waals surface area contributed by atoms with Crippen LogP contribution in [0.5, 0.6) is 0 Å². The van der Waals surface area contributed by atoms with E-state index in [9.17, 15) is 4.79 Å². The molecule has 0 fully saturated rings. The molecule has 0 bridgehead atoms. The van der Waals surface area contributed by atoms with Gasteiger partial charge in [-0.2, -0.15) is 0 Å². The van der Waals surface area contributed by atoms with Gasteiger partial charge in [0.25, 0.3) is 0 Å². The lowest BCUT2D eigenvalue weighted by molar-refractivity contribution is -0.138. The monoisotopic (exact) mass is 421 g/mol. The quantitative estimate of drug-likeness (QED) is 0.706. The largest absolute Gasteiger partial charge is 0.368 e. The highest BCUT2D eigenvalue weighted by atomic mass is 16.5. The van der Waals surface area contributed by atoms with Crippen molar-refractivity contribution in [1.29, 1.82) is 0 Å². The number of amides is 1. The maximum Gasteiger partial charge on any atom is 0.249 e. The van der Waals surface area contributed by atoms with Crippen LogP contribution in [-0.2, 0) is 29.0 Å². The highest BCUT2D eigenvalue weighted by Gasteiger charge is 2.28. The second kappa shape index (κ2) is 8.58. The lowest BCUT2D eigenvalue weighted by Crippen LogP contribution is -2.31. The van der Waals surface area contributed by atoms with Crippen LogP contribution in [0, 0.1) is 0 Å². The van der Waals surface area contributed by atoms with Gasteiger partial charge in [0.1, 0.15) is 6.61 Å². The highest BCUT2D eigenvalue weighted by molar-refractivity contribution is 5.78. The van der Waals surface area contributed by atoms with Crippen LogP contribution >= 0.6 is 0 Å². The number of anilines is 1. The van der Waals surface area contributed by atoms with Gasteiger partial charge in [-0.05, 0) is 38.2 Å². The zero-order chi connectivity index (χ0) is 21.2. The smallest absolute Gasteiger partial charge is 0.249 e. The maximum atomic E-state index is 12.6. The predicted molar refractivity (Wildman–Crippen MR) is 114 cm³/mol. The van der Waals surface area contributed by atoms with Crippen molar-refractivity contribution in [1.82, 2.24) is 30.3 Å². The molecule has 31 heavy (non-hydrogen) atoms. The summed E-state index contributed by atoms with van der Waals surface area (Å²) < 4.78 is 5.72. The maximum absolute atomic E-state index is 12.6. The number of aromatic amines is 1. The Morgan fingerprint density at radius 2 is 2.29 bits per heavy atom. The first kappa shape index (κ1) is 19.9. The molecule has 3 aliphatic rings. The Morgan fingerprint density at radius 3 is 3.13 bits per heavy atom. The van der Waals surface area contributed by atoms with E-state index in [1.807, 2.05) is 13.1 Å². The standard InChI is InChI=1S/C22H27N7O2/c1-14(6-19-10-24-28-27-19)31-13-21(30)29-11-17-9-23-22(26-20(17)12-29)25-18-7-15-4-2-3-5-16(15)8-18/h2,4,9-10,14,18H,3,5-8,11-13H2,1H3,(H,23,25,26)(H,24,27,28)/t14-,18?/m1/s1. The number of H-pyrrole nitrogens is 1. The van der Waals surface area contributed by atoms with Crippen LogP contribution in [0.1, 0.15) is 49.6 Å². The molecule has 1 unspecified atom stereocenters. The molecule has 9 nitrogen and oxygen atoms in total. The van der Waals surface area contributed by atoms with Crippen molar-refractivity contribution in [3.05, 3.63) is 52.6 Å². The zero-order valence-corrected chi connectivity index (χ0v) is 17.7. The molecule has 0 saturated carbocycles. The van der Waals surface area contributed by atoms with Crippen LogP contribution in [0.15, 0.2) is 35.7 Å². The Balaban J connectivity index is 1.12.